The maximum absolute atomic E-state index is 12.0. The Kier molecular flexibility index (Phi) is 2.19. The van der Waals surface area contributed by atoms with Gasteiger partial charge in [-0.25, -0.2) is 4.98 Å². The molecule has 0 aliphatic heterocycles. The second-order valence-corrected chi connectivity index (χ2v) is 4.74. The number of carbonyl (C=O) groups is 1. The summed E-state index contributed by atoms with van der Waals surface area (Å²) in [5, 5.41) is 0.390. The number of carbonyl (C=O) groups excluding carboxylic acids is 1. The van der Waals surface area contributed by atoms with Gasteiger partial charge in [-0.1, -0.05) is 6.92 Å². The van der Waals surface area contributed by atoms with Crippen molar-refractivity contribution in [2.45, 2.75) is 19.8 Å². The first-order valence-corrected chi connectivity index (χ1v) is 5.77. The molecule has 0 bridgehead atoms. The minimum atomic E-state index is -0.330. The lowest BCUT2D eigenvalue weighted by atomic mass is 9.84. The second kappa shape index (κ2) is 3.63. The molecule has 3 N–H and O–H groups in total. The highest BCUT2D eigenvalue weighted by atomic mass is 16.1. The fourth-order valence-electron chi connectivity index (χ4n) is 2.48. The highest BCUT2D eigenvalue weighted by Crippen LogP contribution is 2.28. The average Bonchev–Trinajstić information content (AvgIpc) is 2.26. The summed E-state index contributed by atoms with van der Waals surface area (Å²) in [6.45, 7) is 1.99. The number of hydrogen-bond acceptors (Lipinski definition) is 5. The third kappa shape index (κ3) is 1.49. The quantitative estimate of drug-likeness (QED) is 0.709. The third-order valence-electron chi connectivity index (χ3n) is 3.25. The van der Waals surface area contributed by atoms with E-state index in [1.165, 1.54) is 6.20 Å². The Labute approximate surface area is 102 Å². The molecule has 1 aliphatic carbocycles. The number of rotatable bonds is 0. The topological polar surface area (TPSA) is 102 Å². The SMILES string of the molecule is CC1CC(=O)c2cnc3nc(N)[nH]c(=O)c3c2C1. The lowest BCUT2D eigenvalue weighted by molar-refractivity contribution is 0.0953. The first-order chi connectivity index (χ1) is 8.56. The van der Waals surface area contributed by atoms with Crippen LogP contribution in [0.15, 0.2) is 11.0 Å². The molecule has 0 saturated carbocycles. The standard InChI is InChI=1S/C12H12N4O2/c1-5-2-6-7(8(17)3-5)4-14-10-9(6)11(18)16-12(13)15-10/h4-5H,2-3H2,1H3,(H3,13,14,15,16,18). The summed E-state index contributed by atoms with van der Waals surface area (Å²) < 4.78 is 0. The first-order valence-electron chi connectivity index (χ1n) is 5.77. The summed E-state index contributed by atoms with van der Waals surface area (Å²) in [4.78, 5) is 34.4. The molecule has 0 amide bonds. The Morgan fingerprint density at radius 2 is 2.17 bits per heavy atom. The minimum Gasteiger partial charge on any atom is -0.369 e. The summed E-state index contributed by atoms with van der Waals surface area (Å²) >= 11 is 0. The number of aromatic nitrogens is 3. The number of anilines is 1. The van der Waals surface area contributed by atoms with Gasteiger partial charge in [0.05, 0.1) is 5.39 Å². The maximum atomic E-state index is 12.0. The van der Waals surface area contributed by atoms with Crippen LogP contribution >= 0.6 is 0 Å². The van der Waals surface area contributed by atoms with E-state index in [0.29, 0.717) is 29.4 Å². The van der Waals surface area contributed by atoms with Crippen LogP contribution in [0.4, 0.5) is 5.95 Å². The summed E-state index contributed by atoms with van der Waals surface area (Å²) in [7, 11) is 0. The molecule has 2 heterocycles. The number of fused-ring (bicyclic) bond motifs is 3. The van der Waals surface area contributed by atoms with Crippen LogP contribution < -0.4 is 11.3 Å². The number of nitrogens with one attached hydrogen (secondary N) is 1. The monoisotopic (exact) mass is 244 g/mol. The minimum absolute atomic E-state index is 0.0365. The second-order valence-electron chi connectivity index (χ2n) is 4.74. The van der Waals surface area contributed by atoms with Crippen LogP contribution in [0.3, 0.4) is 0 Å². The normalized spacial score (nSPS) is 18.9. The molecule has 1 atom stereocenters. The lowest BCUT2D eigenvalue weighted by Gasteiger charge is -2.20. The molecular weight excluding hydrogens is 232 g/mol. The highest BCUT2D eigenvalue weighted by Gasteiger charge is 2.26. The highest BCUT2D eigenvalue weighted by molar-refractivity contribution is 6.02. The van der Waals surface area contributed by atoms with Crippen LogP contribution in [0.25, 0.3) is 11.0 Å². The summed E-state index contributed by atoms with van der Waals surface area (Å²) in [5.41, 5.74) is 6.74. The zero-order valence-corrected chi connectivity index (χ0v) is 9.86. The summed E-state index contributed by atoms with van der Waals surface area (Å²) in [5.74, 6) is 0.303. The molecule has 3 rings (SSSR count). The Bertz CT molecular complexity index is 720. The van der Waals surface area contributed by atoms with Crippen molar-refractivity contribution in [3.8, 4) is 0 Å². The smallest absolute Gasteiger partial charge is 0.262 e. The van der Waals surface area contributed by atoms with Gasteiger partial charge in [-0.3, -0.25) is 14.6 Å². The van der Waals surface area contributed by atoms with Crippen molar-refractivity contribution in [3.05, 3.63) is 27.7 Å². The van der Waals surface area contributed by atoms with Crippen molar-refractivity contribution >= 4 is 22.8 Å². The van der Waals surface area contributed by atoms with Gasteiger partial charge in [-0.2, -0.15) is 4.98 Å². The summed E-state index contributed by atoms with van der Waals surface area (Å²) in [6.07, 6.45) is 2.69. The van der Waals surface area contributed by atoms with E-state index < -0.39 is 0 Å². The van der Waals surface area contributed by atoms with Crippen LogP contribution in [0.1, 0.15) is 29.3 Å². The molecule has 0 fully saturated rings. The number of nitrogen functional groups attached to an aromatic ring is 1. The van der Waals surface area contributed by atoms with Gasteiger partial charge in [0.15, 0.2) is 11.4 Å². The van der Waals surface area contributed by atoms with E-state index in [1.807, 2.05) is 6.92 Å². The number of Topliss-reactive ketones (excluding diaryl/α,β-unsaturated/α-hetero) is 1. The molecule has 2 aromatic rings. The largest absolute Gasteiger partial charge is 0.369 e. The van der Waals surface area contributed by atoms with Gasteiger partial charge < -0.3 is 5.73 Å². The molecule has 0 radical (unpaired) electrons. The predicted molar refractivity (Wildman–Crippen MR) is 66.4 cm³/mol. The van der Waals surface area contributed by atoms with Crippen molar-refractivity contribution in [2.24, 2.45) is 5.92 Å². The van der Waals surface area contributed by atoms with E-state index in [0.717, 1.165) is 5.56 Å². The molecule has 0 aromatic carbocycles. The Morgan fingerprint density at radius 1 is 1.39 bits per heavy atom. The molecule has 0 saturated heterocycles. The van der Waals surface area contributed by atoms with Gasteiger partial charge >= 0.3 is 0 Å². The fourth-order valence-corrected chi connectivity index (χ4v) is 2.48. The number of pyridine rings is 1. The number of nitrogens with two attached hydrogens (primary N) is 1. The van der Waals surface area contributed by atoms with E-state index in [1.54, 1.807) is 0 Å². The molecule has 18 heavy (non-hydrogen) atoms. The van der Waals surface area contributed by atoms with Gasteiger partial charge in [-0.05, 0) is 17.9 Å². The van der Waals surface area contributed by atoms with E-state index in [9.17, 15) is 9.59 Å². The zero-order valence-electron chi connectivity index (χ0n) is 9.86. The van der Waals surface area contributed by atoms with E-state index in [-0.39, 0.29) is 23.2 Å². The van der Waals surface area contributed by atoms with Crippen molar-refractivity contribution in [2.75, 3.05) is 5.73 Å². The van der Waals surface area contributed by atoms with Crippen molar-refractivity contribution < 1.29 is 4.79 Å². The number of nitrogens with zero attached hydrogens (tertiary/aromatic N) is 2. The molecule has 1 unspecified atom stereocenters. The molecule has 6 heteroatoms. The fraction of sp³-hybridized carbons (Fsp3) is 0.333. The average molecular weight is 244 g/mol. The molecule has 92 valence electrons. The van der Waals surface area contributed by atoms with Gasteiger partial charge in [0.1, 0.15) is 0 Å². The van der Waals surface area contributed by atoms with Gasteiger partial charge in [0.25, 0.3) is 5.56 Å². The van der Waals surface area contributed by atoms with Crippen LogP contribution in [0.5, 0.6) is 0 Å². The van der Waals surface area contributed by atoms with Gasteiger partial charge in [-0.15, -0.1) is 0 Å². The number of hydrogen-bond donors (Lipinski definition) is 2. The first kappa shape index (κ1) is 10.9. The van der Waals surface area contributed by atoms with E-state index >= 15 is 0 Å². The summed E-state index contributed by atoms with van der Waals surface area (Å²) in [6, 6.07) is 0. The van der Waals surface area contributed by atoms with Gasteiger partial charge in [0.2, 0.25) is 5.95 Å². The molecule has 2 aromatic heterocycles. The molecular formula is C12H12N4O2. The third-order valence-corrected chi connectivity index (χ3v) is 3.25. The maximum Gasteiger partial charge on any atom is 0.262 e. The Balaban J connectivity index is 2.42. The lowest BCUT2D eigenvalue weighted by Crippen LogP contribution is -2.22. The van der Waals surface area contributed by atoms with E-state index in [2.05, 4.69) is 15.0 Å². The van der Waals surface area contributed by atoms with Crippen molar-refractivity contribution in [1.82, 2.24) is 15.0 Å². The van der Waals surface area contributed by atoms with Crippen molar-refractivity contribution in [3.63, 3.8) is 0 Å². The van der Waals surface area contributed by atoms with Crippen LogP contribution in [-0.2, 0) is 6.42 Å². The molecule has 0 spiro atoms. The van der Waals surface area contributed by atoms with E-state index in [4.69, 9.17) is 5.73 Å². The molecule has 6 nitrogen and oxygen atoms in total. The molecule has 1 aliphatic rings. The predicted octanol–water partition coefficient (Wildman–Crippen LogP) is 0.665. The van der Waals surface area contributed by atoms with Crippen LogP contribution in [-0.4, -0.2) is 20.7 Å². The number of H-pyrrole nitrogens is 1. The number of ketones is 1. The Hall–Kier alpha value is -2.24. The van der Waals surface area contributed by atoms with Gasteiger partial charge in [0, 0.05) is 18.2 Å². The zero-order chi connectivity index (χ0) is 12.9. The van der Waals surface area contributed by atoms with Crippen LogP contribution in [0.2, 0.25) is 0 Å². The Morgan fingerprint density at radius 3 is 2.94 bits per heavy atom. The van der Waals surface area contributed by atoms with Crippen molar-refractivity contribution in [1.29, 1.82) is 0 Å². The number of aromatic amines is 1. The van der Waals surface area contributed by atoms with Crippen LogP contribution in [0, 0.1) is 5.92 Å².